The highest BCUT2D eigenvalue weighted by atomic mass is 16.7. The van der Waals surface area contributed by atoms with E-state index in [1.54, 1.807) is 12.1 Å². The molecular formula is C12H10O6. The molecule has 2 aliphatic heterocycles. The van der Waals surface area contributed by atoms with Gasteiger partial charge in [0.1, 0.15) is 0 Å². The molecule has 0 N–H and O–H groups in total. The van der Waals surface area contributed by atoms with E-state index in [1.807, 2.05) is 0 Å². The highest BCUT2D eigenvalue weighted by molar-refractivity contribution is 5.92. The van der Waals surface area contributed by atoms with Gasteiger partial charge in [-0.3, -0.25) is 0 Å². The summed E-state index contributed by atoms with van der Waals surface area (Å²) in [5.74, 6) is 0.0199. The molecule has 2 heterocycles. The van der Waals surface area contributed by atoms with Crippen LogP contribution in [0, 0.1) is 0 Å². The van der Waals surface area contributed by atoms with Crippen LogP contribution in [-0.2, 0) is 14.3 Å². The molecule has 0 bridgehead atoms. The molecule has 0 amide bonds. The van der Waals surface area contributed by atoms with Crippen LogP contribution in [0.2, 0.25) is 0 Å². The number of cyclic esters (lactones) is 1. The summed E-state index contributed by atoms with van der Waals surface area (Å²) in [4.78, 5) is 23.0. The van der Waals surface area contributed by atoms with Gasteiger partial charge in [-0.15, -0.1) is 0 Å². The van der Waals surface area contributed by atoms with Crippen LogP contribution in [0.3, 0.4) is 0 Å². The minimum Gasteiger partial charge on any atom is -0.463 e. The first-order valence-electron chi connectivity index (χ1n) is 5.51. The monoisotopic (exact) mass is 250 g/mol. The normalized spacial score (nSPS) is 20.7. The minimum atomic E-state index is -0.803. The van der Waals surface area contributed by atoms with Gasteiger partial charge in [0.05, 0.1) is 12.2 Å². The maximum absolute atomic E-state index is 11.8. The Morgan fingerprint density at radius 3 is 2.83 bits per heavy atom. The van der Waals surface area contributed by atoms with Gasteiger partial charge in [-0.2, -0.15) is 0 Å². The van der Waals surface area contributed by atoms with Gasteiger partial charge in [-0.1, -0.05) is 0 Å². The van der Waals surface area contributed by atoms with Crippen molar-refractivity contribution in [2.45, 2.75) is 12.5 Å². The van der Waals surface area contributed by atoms with Crippen molar-refractivity contribution in [3.05, 3.63) is 23.8 Å². The number of carbonyl (C=O) groups is 2. The number of hydrogen-bond donors (Lipinski definition) is 0. The van der Waals surface area contributed by atoms with E-state index < -0.39 is 18.0 Å². The average Bonchev–Trinajstić information content (AvgIpc) is 2.98. The Kier molecular flexibility index (Phi) is 2.55. The zero-order valence-electron chi connectivity index (χ0n) is 9.38. The minimum absolute atomic E-state index is 0.142. The predicted octanol–water partition coefficient (Wildman–Crippen LogP) is 0.888. The van der Waals surface area contributed by atoms with Crippen molar-refractivity contribution < 1.29 is 28.5 Å². The Bertz CT molecular complexity index is 509. The lowest BCUT2D eigenvalue weighted by atomic mass is 10.2. The largest absolute Gasteiger partial charge is 0.463 e. The fourth-order valence-electron chi connectivity index (χ4n) is 1.81. The summed E-state index contributed by atoms with van der Waals surface area (Å²) in [5, 5.41) is 0. The Labute approximate surface area is 102 Å². The maximum atomic E-state index is 11.8. The second kappa shape index (κ2) is 4.21. The summed E-state index contributed by atoms with van der Waals surface area (Å²) in [7, 11) is 0. The van der Waals surface area contributed by atoms with Crippen LogP contribution in [0.4, 0.5) is 0 Å². The molecule has 0 unspecified atom stereocenters. The van der Waals surface area contributed by atoms with E-state index >= 15 is 0 Å². The zero-order chi connectivity index (χ0) is 12.5. The predicted molar refractivity (Wildman–Crippen MR) is 57.3 cm³/mol. The summed E-state index contributed by atoms with van der Waals surface area (Å²) in [5.41, 5.74) is 0.318. The second-order valence-corrected chi connectivity index (χ2v) is 3.92. The van der Waals surface area contributed by atoms with Crippen molar-refractivity contribution in [2.75, 3.05) is 13.4 Å². The fraction of sp³-hybridized carbons (Fsp3) is 0.333. The van der Waals surface area contributed by atoms with E-state index in [4.69, 9.17) is 18.9 Å². The number of hydrogen-bond acceptors (Lipinski definition) is 6. The van der Waals surface area contributed by atoms with Gasteiger partial charge in [0.15, 0.2) is 11.5 Å². The third-order valence-corrected chi connectivity index (χ3v) is 2.74. The summed E-state index contributed by atoms with van der Waals surface area (Å²) >= 11 is 0. The highest BCUT2D eigenvalue weighted by Gasteiger charge is 2.30. The van der Waals surface area contributed by atoms with Crippen molar-refractivity contribution in [3.8, 4) is 11.5 Å². The Hall–Kier alpha value is -2.24. The molecule has 0 spiro atoms. The quantitative estimate of drug-likeness (QED) is 0.726. The van der Waals surface area contributed by atoms with E-state index in [1.165, 1.54) is 6.07 Å². The van der Waals surface area contributed by atoms with Crippen LogP contribution in [-0.4, -0.2) is 31.4 Å². The summed E-state index contributed by atoms with van der Waals surface area (Å²) in [6, 6.07) is 4.73. The smallest absolute Gasteiger partial charge is 0.347 e. The standard InChI is InChI=1S/C12H10O6/c13-11(18-9-3-4-15-12(9)14)7-1-2-8-10(5-7)17-6-16-8/h1-2,5,9H,3-4,6H2/t9-/m0/s1. The zero-order valence-corrected chi connectivity index (χ0v) is 9.38. The molecule has 1 aromatic carbocycles. The van der Waals surface area contributed by atoms with Crippen LogP contribution < -0.4 is 9.47 Å². The Balaban J connectivity index is 1.74. The van der Waals surface area contributed by atoms with Crippen LogP contribution in [0.1, 0.15) is 16.8 Å². The number of carbonyl (C=O) groups excluding carboxylic acids is 2. The van der Waals surface area contributed by atoms with Gasteiger partial charge in [0.2, 0.25) is 12.9 Å². The second-order valence-electron chi connectivity index (χ2n) is 3.92. The molecule has 18 heavy (non-hydrogen) atoms. The molecule has 0 radical (unpaired) electrons. The molecule has 0 aliphatic carbocycles. The molecule has 1 aromatic rings. The maximum Gasteiger partial charge on any atom is 0.347 e. The number of esters is 2. The highest BCUT2D eigenvalue weighted by Crippen LogP contribution is 2.32. The first-order valence-corrected chi connectivity index (χ1v) is 5.51. The first-order chi connectivity index (χ1) is 8.74. The molecule has 0 saturated carbocycles. The summed E-state index contributed by atoms with van der Waals surface area (Å²) in [6.45, 7) is 0.431. The molecule has 6 heteroatoms. The van der Waals surface area contributed by atoms with E-state index in [-0.39, 0.29) is 13.4 Å². The SMILES string of the molecule is O=C(O[C@H]1CCOC1=O)c1ccc2c(c1)OCO2. The van der Waals surface area contributed by atoms with E-state index in [0.717, 1.165) is 0 Å². The summed E-state index contributed by atoms with van der Waals surface area (Å²) < 4.78 is 20.1. The molecule has 0 aromatic heterocycles. The van der Waals surface area contributed by atoms with Crippen LogP contribution in [0.5, 0.6) is 11.5 Å². The number of rotatable bonds is 2. The Morgan fingerprint density at radius 2 is 2.06 bits per heavy atom. The van der Waals surface area contributed by atoms with Gasteiger partial charge in [-0.05, 0) is 18.2 Å². The summed E-state index contributed by atoms with van der Waals surface area (Å²) in [6.07, 6.45) is -0.405. The van der Waals surface area contributed by atoms with Gasteiger partial charge in [0.25, 0.3) is 0 Å². The van der Waals surface area contributed by atoms with E-state index in [0.29, 0.717) is 23.5 Å². The number of fused-ring (bicyclic) bond motifs is 1. The number of ether oxygens (including phenoxy) is 4. The lowest BCUT2D eigenvalue weighted by Gasteiger charge is -2.08. The van der Waals surface area contributed by atoms with Crippen molar-refractivity contribution >= 4 is 11.9 Å². The van der Waals surface area contributed by atoms with Crippen molar-refractivity contribution in [3.63, 3.8) is 0 Å². The van der Waals surface area contributed by atoms with E-state index in [9.17, 15) is 9.59 Å². The molecular weight excluding hydrogens is 240 g/mol. The third-order valence-electron chi connectivity index (χ3n) is 2.74. The first kappa shape index (κ1) is 10.9. The van der Waals surface area contributed by atoms with Crippen LogP contribution >= 0.6 is 0 Å². The topological polar surface area (TPSA) is 71.1 Å². The van der Waals surface area contributed by atoms with E-state index in [2.05, 4.69) is 0 Å². The molecule has 2 aliphatic rings. The number of benzene rings is 1. The fourth-order valence-corrected chi connectivity index (χ4v) is 1.81. The Morgan fingerprint density at radius 1 is 1.22 bits per heavy atom. The molecule has 1 saturated heterocycles. The van der Waals surface area contributed by atoms with Gasteiger partial charge in [0, 0.05) is 6.42 Å². The molecule has 94 valence electrons. The van der Waals surface area contributed by atoms with Crippen molar-refractivity contribution in [1.82, 2.24) is 0 Å². The van der Waals surface area contributed by atoms with Gasteiger partial charge >= 0.3 is 11.9 Å². The lowest BCUT2D eigenvalue weighted by molar-refractivity contribution is -0.145. The third kappa shape index (κ3) is 1.85. The van der Waals surface area contributed by atoms with Crippen molar-refractivity contribution in [1.29, 1.82) is 0 Å². The molecule has 1 atom stereocenters. The molecule has 1 fully saturated rings. The van der Waals surface area contributed by atoms with Crippen LogP contribution in [0.25, 0.3) is 0 Å². The lowest BCUT2D eigenvalue weighted by Crippen LogP contribution is -2.22. The average molecular weight is 250 g/mol. The van der Waals surface area contributed by atoms with Crippen molar-refractivity contribution in [2.24, 2.45) is 0 Å². The molecule has 6 nitrogen and oxygen atoms in total. The van der Waals surface area contributed by atoms with Crippen LogP contribution in [0.15, 0.2) is 18.2 Å². The van der Waals surface area contributed by atoms with Gasteiger partial charge < -0.3 is 18.9 Å². The molecule has 3 rings (SSSR count). The van der Waals surface area contributed by atoms with Gasteiger partial charge in [-0.25, -0.2) is 9.59 Å².